The molecule has 2 rings (SSSR count). The zero-order valence-corrected chi connectivity index (χ0v) is 14.0. The summed E-state index contributed by atoms with van der Waals surface area (Å²) < 4.78 is 12.5. The van der Waals surface area contributed by atoms with Crippen molar-refractivity contribution in [3.05, 3.63) is 30.0 Å². The van der Waals surface area contributed by atoms with Crippen molar-refractivity contribution in [3.63, 3.8) is 0 Å². The number of carbonyl (C=O) groups excluding carboxylic acids is 1. The number of carbonyl (C=O) groups is 1. The summed E-state index contributed by atoms with van der Waals surface area (Å²) in [5.41, 5.74) is 2.12. The highest BCUT2D eigenvalue weighted by molar-refractivity contribution is 5.93. The number of hydrogen-bond acceptors (Lipinski definition) is 4. The predicted molar refractivity (Wildman–Crippen MR) is 89.1 cm³/mol. The van der Waals surface area contributed by atoms with Crippen LogP contribution >= 0.6 is 0 Å². The molecular weight excluding hydrogens is 294 g/mol. The largest absolute Gasteiger partial charge is 0.497 e. The summed E-state index contributed by atoms with van der Waals surface area (Å²) in [5.74, 6) is 1.24. The maximum absolute atomic E-state index is 12.1. The monoisotopic (exact) mass is 317 g/mol. The molecule has 1 aromatic carbocycles. The summed E-state index contributed by atoms with van der Waals surface area (Å²) in [7, 11) is 3.22. The molecule has 0 unspecified atom stereocenters. The maximum Gasteiger partial charge on any atom is 0.271 e. The second kappa shape index (κ2) is 7.67. The first-order valence-corrected chi connectivity index (χ1v) is 7.73. The minimum Gasteiger partial charge on any atom is -0.497 e. The Hall–Kier alpha value is -2.50. The van der Waals surface area contributed by atoms with Crippen LogP contribution in [0.1, 0.15) is 30.8 Å². The van der Waals surface area contributed by atoms with Crippen molar-refractivity contribution in [2.24, 2.45) is 0 Å². The van der Waals surface area contributed by atoms with Crippen molar-refractivity contribution in [2.45, 2.75) is 26.8 Å². The van der Waals surface area contributed by atoms with E-state index < -0.39 is 0 Å². The molecule has 0 saturated carbocycles. The van der Waals surface area contributed by atoms with Crippen LogP contribution in [0.25, 0.3) is 11.3 Å². The molecule has 0 fully saturated rings. The first-order chi connectivity index (χ1) is 11.1. The van der Waals surface area contributed by atoms with Crippen LogP contribution in [0.5, 0.6) is 11.5 Å². The third-order valence-corrected chi connectivity index (χ3v) is 3.53. The quantitative estimate of drug-likeness (QED) is 0.853. The van der Waals surface area contributed by atoms with E-state index in [4.69, 9.17) is 9.47 Å². The Kier molecular flexibility index (Phi) is 5.62. The third-order valence-electron chi connectivity index (χ3n) is 3.53. The average molecular weight is 317 g/mol. The molecule has 6 nitrogen and oxygen atoms in total. The van der Waals surface area contributed by atoms with Gasteiger partial charge in [-0.25, -0.2) is 0 Å². The standard InChI is InChI=1S/C17H23N3O3/c1-5-9-18-17(21)14-11-15(20(6-2)19-14)13-8-7-12(22-3)10-16(13)23-4/h7-8,10-11H,5-6,9H2,1-4H3,(H,18,21). The van der Waals surface area contributed by atoms with E-state index in [1.807, 2.05) is 32.0 Å². The van der Waals surface area contributed by atoms with Gasteiger partial charge in [-0.15, -0.1) is 0 Å². The lowest BCUT2D eigenvalue weighted by Gasteiger charge is -2.11. The maximum atomic E-state index is 12.1. The van der Waals surface area contributed by atoms with E-state index in [0.717, 1.165) is 17.7 Å². The van der Waals surface area contributed by atoms with Gasteiger partial charge < -0.3 is 14.8 Å². The average Bonchev–Trinajstić information content (AvgIpc) is 3.03. The van der Waals surface area contributed by atoms with Gasteiger partial charge in [0.15, 0.2) is 5.69 Å². The number of benzene rings is 1. The third kappa shape index (κ3) is 3.64. The minimum atomic E-state index is -0.159. The summed E-state index contributed by atoms with van der Waals surface area (Å²) in [6, 6.07) is 7.38. The highest BCUT2D eigenvalue weighted by Gasteiger charge is 2.17. The molecule has 0 saturated heterocycles. The van der Waals surface area contributed by atoms with Crippen molar-refractivity contribution in [3.8, 4) is 22.8 Å². The molecular formula is C17H23N3O3. The Bertz CT molecular complexity index is 680. The number of nitrogens with one attached hydrogen (secondary N) is 1. The van der Waals surface area contributed by atoms with E-state index in [1.54, 1.807) is 25.0 Å². The molecule has 0 aliphatic heterocycles. The second-order valence-corrected chi connectivity index (χ2v) is 5.05. The van der Waals surface area contributed by atoms with Crippen LogP contribution in [0.4, 0.5) is 0 Å². The number of aromatic nitrogens is 2. The van der Waals surface area contributed by atoms with Gasteiger partial charge in [0.05, 0.1) is 19.9 Å². The van der Waals surface area contributed by atoms with E-state index >= 15 is 0 Å². The van der Waals surface area contributed by atoms with Crippen LogP contribution in [0, 0.1) is 0 Å². The van der Waals surface area contributed by atoms with Gasteiger partial charge in [-0.1, -0.05) is 6.92 Å². The molecule has 1 aromatic heterocycles. The number of ether oxygens (including phenoxy) is 2. The smallest absolute Gasteiger partial charge is 0.271 e. The molecule has 0 aliphatic rings. The normalized spacial score (nSPS) is 10.4. The fraction of sp³-hybridized carbons (Fsp3) is 0.412. The van der Waals surface area contributed by atoms with Gasteiger partial charge in [0.2, 0.25) is 0 Å². The highest BCUT2D eigenvalue weighted by atomic mass is 16.5. The Labute approximate surface area is 136 Å². The first kappa shape index (κ1) is 16.9. The van der Waals surface area contributed by atoms with Gasteiger partial charge in [-0.2, -0.15) is 5.10 Å². The van der Waals surface area contributed by atoms with Crippen molar-refractivity contribution in [1.82, 2.24) is 15.1 Å². The highest BCUT2D eigenvalue weighted by Crippen LogP contribution is 2.33. The molecule has 0 radical (unpaired) electrons. The molecule has 0 spiro atoms. The lowest BCUT2D eigenvalue weighted by Crippen LogP contribution is -2.24. The van der Waals surface area contributed by atoms with Crippen molar-refractivity contribution in [2.75, 3.05) is 20.8 Å². The number of aryl methyl sites for hydroxylation is 1. The van der Waals surface area contributed by atoms with Gasteiger partial charge in [-0.3, -0.25) is 9.48 Å². The topological polar surface area (TPSA) is 65.4 Å². The minimum absolute atomic E-state index is 0.159. The van der Waals surface area contributed by atoms with Crippen LogP contribution in [0.2, 0.25) is 0 Å². The lowest BCUT2D eigenvalue weighted by molar-refractivity contribution is 0.0948. The van der Waals surface area contributed by atoms with Gasteiger partial charge in [0.1, 0.15) is 11.5 Å². The molecule has 1 amide bonds. The fourth-order valence-electron chi connectivity index (χ4n) is 2.32. The summed E-state index contributed by atoms with van der Waals surface area (Å²) in [6.45, 7) is 5.30. The summed E-state index contributed by atoms with van der Waals surface area (Å²) >= 11 is 0. The summed E-state index contributed by atoms with van der Waals surface area (Å²) in [5, 5.41) is 7.24. The van der Waals surface area contributed by atoms with Crippen LogP contribution < -0.4 is 14.8 Å². The van der Waals surface area contributed by atoms with E-state index in [0.29, 0.717) is 30.3 Å². The molecule has 0 atom stereocenters. The summed E-state index contributed by atoms with van der Waals surface area (Å²) in [4.78, 5) is 12.1. The number of nitrogens with zero attached hydrogens (tertiary/aromatic N) is 2. The fourth-order valence-corrected chi connectivity index (χ4v) is 2.32. The molecule has 2 aromatic rings. The molecule has 0 bridgehead atoms. The molecule has 0 aliphatic carbocycles. The van der Waals surface area contributed by atoms with Crippen molar-refractivity contribution in [1.29, 1.82) is 0 Å². The molecule has 124 valence electrons. The van der Waals surface area contributed by atoms with Gasteiger partial charge >= 0.3 is 0 Å². The van der Waals surface area contributed by atoms with Gasteiger partial charge in [0.25, 0.3) is 5.91 Å². The van der Waals surface area contributed by atoms with Crippen LogP contribution in [-0.2, 0) is 6.54 Å². The summed E-state index contributed by atoms with van der Waals surface area (Å²) in [6.07, 6.45) is 0.888. The Morgan fingerprint density at radius 1 is 1.22 bits per heavy atom. The van der Waals surface area contributed by atoms with Crippen LogP contribution in [0.3, 0.4) is 0 Å². The van der Waals surface area contributed by atoms with Crippen LogP contribution in [-0.4, -0.2) is 36.5 Å². The second-order valence-electron chi connectivity index (χ2n) is 5.05. The zero-order chi connectivity index (χ0) is 16.8. The molecule has 23 heavy (non-hydrogen) atoms. The first-order valence-electron chi connectivity index (χ1n) is 7.73. The SMILES string of the molecule is CCCNC(=O)c1cc(-c2ccc(OC)cc2OC)n(CC)n1. The zero-order valence-electron chi connectivity index (χ0n) is 14.0. The number of rotatable bonds is 7. The predicted octanol–water partition coefficient (Wildman–Crippen LogP) is 2.73. The van der Waals surface area contributed by atoms with E-state index in [-0.39, 0.29) is 5.91 Å². The van der Waals surface area contributed by atoms with Crippen molar-refractivity contribution >= 4 is 5.91 Å². The van der Waals surface area contributed by atoms with Crippen LogP contribution in [0.15, 0.2) is 24.3 Å². The Morgan fingerprint density at radius 2 is 2.00 bits per heavy atom. The molecule has 6 heteroatoms. The number of methoxy groups -OCH3 is 2. The van der Waals surface area contributed by atoms with E-state index in [2.05, 4.69) is 10.4 Å². The van der Waals surface area contributed by atoms with Gasteiger partial charge in [0, 0.05) is 24.7 Å². The van der Waals surface area contributed by atoms with E-state index in [1.165, 1.54) is 0 Å². The Morgan fingerprint density at radius 3 is 2.61 bits per heavy atom. The molecule has 1 heterocycles. The van der Waals surface area contributed by atoms with E-state index in [9.17, 15) is 4.79 Å². The number of amides is 1. The number of hydrogen-bond donors (Lipinski definition) is 1. The molecule has 1 N–H and O–H groups in total. The van der Waals surface area contributed by atoms with Gasteiger partial charge in [-0.05, 0) is 31.5 Å². The lowest BCUT2D eigenvalue weighted by atomic mass is 10.1. The van der Waals surface area contributed by atoms with Crippen molar-refractivity contribution < 1.29 is 14.3 Å². The Balaban J connectivity index is 2.43.